The van der Waals surface area contributed by atoms with Gasteiger partial charge in [0.1, 0.15) is 6.67 Å². The predicted octanol–water partition coefficient (Wildman–Crippen LogP) is 12.0. The van der Waals surface area contributed by atoms with Crippen LogP contribution in [0.4, 0.5) is 5.69 Å². The molecular weight excluding hydrogens is 661 g/mol. The molecule has 9 rings (SSSR count). The van der Waals surface area contributed by atoms with Crippen LogP contribution in [-0.2, 0) is 6.67 Å². The summed E-state index contributed by atoms with van der Waals surface area (Å²) >= 11 is 0. The van der Waals surface area contributed by atoms with Crippen molar-refractivity contribution in [1.82, 2.24) is 9.13 Å². The fourth-order valence-corrected chi connectivity index (χ4v) is 7.18. The zero-order chi connectivity index (χ0) is 37.4. The Hall–Kier alpha value is -7.05. The number of aryl methyl sites for hydroxylation is 1. The number of aliphatic imine (C=N–C) groups is 2. The van der Waals surface area contributed by atoms with Gasteiger partial charge in [0.15, 0.2) is 5.84 Å². The Kier molecular flexibility index (Phi) is 10.5. The standard InChI is InChI=1S/C26H19N3.C14H15N.C8H8N2/c1-27-17-28-23-13-7-5-11-19(23)21-15-16-22-20-12-6-8-14-24(20)29(26(22)25(21)28)18-9-3-2-4-10-18;1-11-7-3-4-8-12(11)13-9-5-6-10-14(13)15-2;1-10-8(9)7-5-3-2-4-6-7/h2-16H,1,17H2;3-10,15H,1-2H3;2-6,9H,1H2. The van der Waals surface area contributed by atoms with Crippen LogP contribution in [0.2, 0.25) is 0 Å². The Labute approximate surface area is 315 Å². The lowest BCUT2D eigenvalue weighted by atomic mass is 9.99. The van der Waals surface area contributed by atoms with Crippen molar-refractivity contribution in [2.45, 2.75) is 13.6 Å². The normalized spacial score (nSPS) is 10.7. The first kappa shape index (κ1) is 35.4. The summed E-state index contributed by atoms with van der Waals surface area (Å²) in [6, 6.07) is 58.4. The molecule has 0 bridgehead atoms. The van der Waals surface area contributed by atoms with Crippen molar-refractivity contribution >= 4 is 68.6 Å². The van der Waals surface area contributed by atoms with E-state index >= 15 is 0 Å². The molecule has 0 atom stereocenters. The van der Waals surface area contributed by atoms with Crippen LogP contribution in [0.5, 0.6) is 0 Å². The number of rotatable bonds is 6. The number of aromatic nitrogens is 2. The van der Waals surface area contributed by atoms with E-state index in [0.29, 0.717) is 6.67 Å². The Bertz CT molecular complexity index is 2740. The minimum absolute atomic E-state index is 0.223. The van der Waals surface area contributed by atoms with Crippen molar-refractivity contribution in [2.24, 2.45) is 9.98 Å². The number of hydrogen-bond donors (Lipinski definition) is 2. The molecule has 54 heavy (non-hydrogen) atoms. The van der Waals surface area contributed by atoms with Crippen LogP contribution < -0.4 is 5.32 Å². The monoisotopic (exact) mass is 702 g/mol. The van der Waals surface area contributed by atoms with Gasteiger partial charge in [0.2, 0.25) is 0 Å². The lowest BCUT2D eigenvalue weighted by Crippen LogP contribution is -1.99. The summed E-state index contributed by atoms with van der Waals surface area (Å²) in [5, 5.41) is 15.5. The van der Waals surface area contributed by atoms with Crippen LogP contribution in [0.15, 0.2) is 180 Å². The highest BCUT2D eigenvalue weighted by Crippen LogP contribution is 2.40. The minimum Gasteiger partial charge on any atom is -0.388 e. The molecular formula is C48H42N6. The van der Waals surface area contributed by atoms with E-state index in [1.807, 2.05) is 43.4 Å². The van der Waals surface area contributed by atoms with Crippen LogP contribution in [0, 0.1) is 12.3 Å². The maximum absolute atomic E-state index is 7.25. The number of nitrogens with zero attached hydrogens (tertiary/aromatic N) is 4. The highest BCUT2D eigenvalue weighted by atomic mass is 15.1. The third kappa shape index (κ3) is 6.81. The maximum Gasteiger partial charge on any atom is 0.151 e. The molecule has 6 nitrogen and oxygen atoms in total. The quantitative estimate of drug-likeness (QED) is 0.131. The molecule has 0 amide bonds. The van der Waals surface area contributed by atoms with Crippen molar-refractivity contribution < 1.29 is 0 Å². The number of anilines is 1. The number of benzene rings is 7. The van der Waals surface area contributed by atoms with Crippen molar-refractivity contribution in [2.75, 3.05) is 12.4 Å². The van der Waals surface area contributed by atoms with E-state index in [4.69, 9.17) is 5.41 Å². The first-order valence-corrected chi connectivity index (χ1v) is 17.9. The van der Waals surface area contributed by atoms with Gasteiger partial charge >= 0.3 is 0 Å². The van der Waals surface area contributed by atoms with Gasteiger partial charge in [-0.2, -0.15) is 0 Å². The zero-order valence-corrected chi connectivity index (χ0v) is 30.6. The summed E-state index contributed by atoms with van der Waals surface area (Å²) in [7, 11) is 1.96. The predicted molar refractivity (Wildman–Crippen MR) is 232 cm³/mol. The number of amidine groups is 1. The fraction of sp³-hybridized carbons (Fsp3) is 0.0625. The number of nitrogens with one attached hydrogen (secondary N) is 2. The molecule has 0 aliphatic carbocycles. The second-order valence-electron chi connectivity index (χ2n) is 12.8. The van der Waals surface area contributed by atoms with E-state index in [2.05, 4.69) is 178 Å². The maximum atomic E-state index is 7.25. The molecule has 6 heteroatoms. The second kappa shape index (κ2) is 16.1. The van der Waals surface area contributed by atoms with E-state index in [1.54, 1.807) is 0 Å². The molecule has 0 saturated heterocycles. The average molecular weight is 703 g/mol. The highest BCUT2D eigenvalue weighted by Gasteiger charge is 2.19. The summed E-state index contributed by atoms with van der Waals surface area (Å²) < 4.78 is 4.67. The lowest BCUT2D eigenvalue weighted by Gasteiger charge is -2.11. The molecule has 0 saturated carbocycles. The number of para-hydroxylation sites is 4. The molecule has 0 spiro atoms. The van der Waals surface area contributed by atoms with Crippen LogP contribution in [0.3, 0.4) is 0 Å². The number of hydrogen-bond acceptors (Lipinski definition) is 3. The van der Waals surface area contributed by atoms with Crippen molar-refractivity contribution in [1.29, 1.82) is 5.41 Å². The van der Waals surface area contributed by atoms with E-state index in [9.17, 15) is 0 Å². The summed E-state index contributed by atoms with van der Waals surface area (Å²) in [5.74, 6) is 0.223. The third-order valence-corrected chi connectivity index (χ3v) is 9.66. The van der Waals surface area contributed by atoms with Gasteiger partial charge in [-0.3, -0.25) is 10.4 Å². The molecule has 0 aliphatic heterocycles. The second-order valence-corrected chi connectivity index (χ2v) is 12.8. The molecule has 0 fully saturated rings. The molecule has 2 N–H and O–H groups in total. The molecule has 9 aromatic rings. The van der Waals surface area contributed by atoms with Gasteiger partial charge in [-0.15, -0.1) is 0 Å². The smallest absolute Gasteiger partial charge is 0.151 e. The van der Waals surface area contributed by atoms with Gasteiger partial charge in [0.25, 0.3) is 0 Å². The highest BCUT2D eigenvalue weighted by molar-refractivity contribution is 6.23. The topological polar surface area (TPSA) is 70.5 Å². The summed E-state index contributed by atoms with van der Waals surface area (Å²) in [5.41, 5.74) is 11.8. The van der Waals surface area contributed by atoms with Crippen molar-refractivity contribution in [3.05, 3.63) is 181 Å². The van der Waals surface area contributed by atoms with Crippen LogP contribution in [-0.4, -0.2) is 35.5 Å². The van der Waals surface area contributed by atoms with E-state index in [-0.39, 0.29) is 5.84 Å². The summed E-state index contributed by atoms with van der Waals surface area (Å²) in [6.07, 6.45) is 0. The Morgan fingerprint density at radius 1 is 0.574 bits per heavy atom. The largest absolute Gasteiger partial charge is 0.388 e. The average Bonchev–Trinajstić information content (AvgIpc) is 3.75. The van der Waals surface area contributed by atoms with E-state index < -0.39 is 0 Å². The van der Waals surface area contributed by atoms with Gasteiger partial charge < -0.3 is 14.5 Å². The molecule has 264 valence electrons. The van der Waals surface area contributed by atoms with Gasteiger partial charge in [0.05, 0.1) is 22.1 Å². The third-order valence-electron chi connectivity index (χ3n) is 9.66. The van der Waals surface area contributed by atoms with Crippen molar-refractivity contribution in [3.63, 3.8) is 0 Å². The van der Waals surface area contributed by atoms with Gasteiger partial charge in [-0.05, 0) is 61.8 Å². The van der Waals surface area contributed by atoms with E-state index in [0.717, 1.165) is 11.3 Å². The molecule has 7 aromatic carbocycles. The van der Waals surface area contributed by atoms with Crippen LogP contribution in [0.1, 0.15) is 11.1 Å². The van der Waals surface area contributed by atoms with Crippen molar-refractivity contribution in [3.8, 4) is 16.8 Å². The minimum atomic E-state index is 0.223. The number of fused-ring (bicyclic) bond motifs is 7. The Morgan fingerprint density at radius 3 is 1.76 bits per heavy atom. The van der Waals surface area contributed by atoms with Gasteiger partial charge in [-0.25, -0.2) is 4.99 Å². The molecule has 2 aromatic heterocycles. The molecule has 0 radical (unpaired) electrons. The summed E-state index contributed by atoms with van der Waals surface area (Å²) in [4.78, 5) is 7.74. The first-order chi connectivity index (χ1) is 26.5. The van der Waals surface area contributed by atoms with Gasteiger partial charge in [0, 0.05) is 51.1 Å². The molecule has 0 unspecified atom stereocenters. The fourth-order valence-electron chi connectivity index (χ4n) is 7.18. The van der Waals surface area contributed by atoms with Crippen LogP contribution in [0.25, 0.3) is 60.4 Å². The Morgan fingerprint density at radius 2 is 1.11 bits per heavy atom. The Balaban J connectivity index is 0.000000150. The summed E-state index contributed by atoms with van der Waals surface area (Å²) in [6.45, 7) is 9.71. The lowest BCUT2D eigenvalue weighted by molar-refractivity contribution is 0.799. The zero-order valence-electron chi connectivity index (χ0n) is 30.6. The molecule has 2 heterocycles. The van der Waals surface area contributed by atoms with Gasteiger partial charge in [-0.1, -0.05) is 140 Å². The van der Waals surface area contributed by atoms with E-state index in [1.165, 1.54) is 66.0 Å². The molecule has 0 aliphatic rings. The SMILES string of the molecule is C=NC(=N)c1ccccc1.C=NCn1c2ccccc2c2ccc3c4ccccc4n(-c4ccccc4)c3c21.CNc1ccccc1-c1ccccc1C. The van der Waals surface area contributed by atoms with Crippen LogP contribution >= 0.6 is 0 Å². The first-order valence-electron chi connectivity index (χ1n) is 17.9.